The first-order valence-corrected chi connectivity index (χ1v) is 8.44. The van der Waals surface area contributed by atoms with Crippen molar-refractivity contribution in [1.29, 1.82) is 0 Å². The van der Waals surface area contributed by atoms with Crippen LogP contribution in [0.25, 0.3) is 0 Å². The molecular weight excluding hydrogens is 361 g/mol. The summed E-state index contributed by atoms with van der Waals surface area (Å²) in [4.78, 5) is 0. The second-order valence-electron chi connectivity index (χ2n) is 6.81. The van der Waals surface area contributed by atoms with Crippen LogP contribution in [0.2, 0.25) is 0 Å². The maximum absolute atomic E-state index is 5.67. The summed E-state index contributed by atoms with van der Waals surface area (Å²) in [6.45, 7) is 5.25. The Balaban J connectivity index is 0. The molecule has 0 aromatic carbocycles. The van der Waals surface area contributed by atoms with Gasteiger partial charge in [-0.3, -0.25) is 0 Å². The van der Waals surface area contributed by atoms with E-state index in [2.05, 4.69) is 28.1 Å². The van der Waals surface area contributed by atoms with Gasteiger partial charge in [0, 0.05) is 6.61 Å². The van der Waals surface area contributed by atoms with Gasteiger partial charge in [0.15, 0.2) is 0 Å². The Morgan fingerprint density at radius 3 is 1.55 bits per heavy atom. The summed E-state index contributed by atoms with van der Waals surface area (Å²) in [5, 5.41) is 0. The van der Waals surface area contributed by atoms with Crippen LogP contribution in [0.5, 0.6) is 0 Å². The van der Waals surface area contributed by atoms with Crippen LogP contribution in [-0.2, 0) is 4.74 Å². The largest absolute Gasteiger partial charge is 1.00 e. The average molecular weight is 399 g/mol. The third-order valence-electron chi connectivity index (χ3n) is 3.55. The van der Waals surface area contributed by atoms with Crippen molar-refractivity contribution in [2.45, 2.75) is 71.1 Å². The minimum Gasteiger partial charge on any atom is -1.00 e. The molecule has 0 unspecified atom stereocenters. The SMILES string of the molecule is CCCCCCCCCCCCOCC[N+](C)(C)C.[I-]. The van der Waals surface area contributed by atoms with Crippen LogP contribution in [0.3, 0.4) is 0 Å². The fourth-order valence-electron chi connectivity index (χ4n) is 2.13. The van der Waals surface area contributed by atoms with Crippen molar-refractivity contribution >= 4 is 0 Å². The maximum Gasteiger partial charge on any atom is 0.102 e. The van der Waals surface area contributed by atoms with Crippen molar-refractivity contribution in [2.75, 3.05) is 40.9 Å². The van der Waals surface area contributed by atoms with Gasteiger partial charge < -0.3 is 33.2 Å². The molecule has 20 heavy (non-hydrogen) atoms. The highest BCUT2D eigenvalue weighted by Gasteiger charge is 2.05. The molecule has 0 saturated heterocycles. The van der Waals surface area contributed by atoms with E-state index in [1.54, 1.807) is 0 Å². The first kappa shape index (κ1) is 22.9. The zero-order chi connectivity index (χ0) is 14.4. The van der Waals surface area contributed by atoms with Crippen molar-refractivity contribution in [3.8, 4) is 0 Å². The van der Waals surface area contributed by atoms with Gasteiger partial charge in [-0.1, -0.05) is 64.7 Å². The molecule has 0 spiro atoms. The van der Waals surface area contributed by atoms with Crippen LogP contribution in [0.1, 0.15) is 71.1 Å². The highest BCUT2D eigenvalue weighted by Crippen LogP contribution is 2.10. The molecule has 0 aromatic heterocycles. The summed E-state index contributed by atoms with van der Waals surface area (Å²) >= 11 is 0. The van der Waals surface area contributed by atoms with E-state index in [1.165, 1.54) is 64.2 Å². The molecule has 124 valence electrons. The van der Waals surface area contributed by atoms with Gasteiger partial charge in [0.05, 0.1) is 27.7 Å². The Labute approximate surface area is 145 Å². The second kappa shape index (κ2) is 16.0. The Bertz CT molecular complexity index is 180. The Kier molecular flexibility index (Phi) is 18.4. The van der Waals surface area contributed by atoms with Gasteiger partial charge in [0.1, 0.15) is 6.54 Å². The second-order valence-corrected chi connectivity index (χ2v) is 6.81. The lowest BCUT2D eigenvalue weighted by Gasteiger charge is -2.23. The molecule has 0 radical (unpaired) electrons. The Morgan fingerprint density at radius 2 is 1.10 bits per heavy atom. The number of quaternary nitrogens is 1. The number of ether oxygens (including phenoxy) is 1. The third-order valence-corrected chi connectivity index (χ3v) is 3.55. The van der Waals surface area contributed by atoms with Gasteiger partial charge in [-0.25, -0.2) is 0 Å². The van der Waals surface area contributed by atoms with Crippen molar-refractivity contribution in [3.05, 3.63) is 0 Å². The molecule has 3 heteroatoms. The molecule has 0 amide bonds. The van der Waals surface area contributed by atoms with Crippen LogP contribution < -0.4 is 24.0 Å². The van der Waals surface area contributed by atoms with E-state index in [9.17, 15) is 0 Å². The van der Waals surface area contributed by atoms with Gasteiger partial charge in [-0.2, -0.15) is 0 Å². The van der Waals surface area contributed by atoms with Crippen molar-refractivity contribution in [2.24, 2.45) is 0 Å². The lowest BCUT2D eigenvalue weighted by Crippen LogP contribution is -3.00. The quantitative estimate of drug-likeness (QED) is 0.245. The topological polar surface area (TPSA) is 9.23 Å². The van der Waals surface area contributed by atoms with Crippen LogP contribution in [-0.4, -0.2) is 45.4 Å². The zero-order valence-electron chi connectivity index (χ0n) is 14.4. The fraction of sp³-hybridized carbons (Fsp3) is 1.00. The molecule has 0 aliphatic carbocycles. The fourth-order valence-corrected chi connectivity index (χ4v) is 2.13. The number of hydrogen-bond donors (Lipinski definition) is 0. The maximum atomic E-state index is 5.67. The van der Waals surface area contributed by atoms with Crippen LogP contribution >= 0.6 is 0 Å². The summed E-state index contributed by atoms with van der Waals surface area (Å²) in [5.74, 6) is 0. The van der Waals surface area contributed by atoms with Crippen molar-refractivity contribution in [1.82, 2.24) is 0 Å². The monoisotopic (exact) mass is 399 g/mol. The molecule has 0 saturated carbocycles. The highest BCUT2D eigenvalue weighted by molar-refractivity contribution is 4.47. The minimum atomic E-state index is 0. The normalized spacial score (nSPS) is 11.4. The lowest BCUT2D eigenvalue weighted by atomic mass is 10.1. The number of hydrogen-bond acceptors (Lipinski definition) is 1. The average Bonchev–Trinajstić information content (AvgIpc) is 2.34. The van der Waals surface area contributed by atoms with Gasteiger partial charge >= 0.3 is 0 Å². The van der Waals surface area contributed by atoms with Crippen LogP contribution in [0, 0.1) is 0 Å². The number of rotatable bonds is 14. The number of nitrogens with zero attached hydrogens (tertiary/aromatic N) is 1. The smallest absolute Gasteiger partial charge is 0.102 e. The standard InChI is InChI=1S/C17H38NO.HI/c1-5-6-7-8-9-10-11-12-13-14-16-19-17-15-18(2,3)4;/h5-17H2,1-4H3;1H/q+1;/p-1. The summed E-state index contributed by atoms with van der Waals surface area (Å²) in [5.41, 5.74) is 0. The van der Waals surface area contributed by atoms with E-state index >= 15 is 0 Å². The van der Waals surface area contributed by atoms with E-state index in [0.717, 1.165) is 24.2 Å². The number of halogens is 1. The minimum absolute atomic E-state index is 0. The molecule has 0 aliphatic rings. The molecule has 0 rings (SSSR count). The molecule has 0 bridgehead atoms. The first-order chi connectivity index (χ1) is 9.06. The summed E-state index contributed by atoms with van der Waals surface area (Å²) in [7, 11) is 6.64. The predicted molar refractivity (Wildman–Crippen MR) is 85.6 cm³/mol. The molecule has 0 fully saturated rings. The lowest BCUT2D eigenvalue weighted by molar-refractivity contribution is -0.870. The van der Waals surface area contributed by atoms with Crippen molar-refractivity contribution in [3.63, 3.8) is 0 Å². The van der Waals surface area contributed by atoms with E-state index in [1.807, 2.05) is 0 Å². The molecule has 2 nitrogen and oxygen atoms in total. The van der Waals surface area contributed by atoms with Crippen molar-refractivity contribution < 1.29 is 33.2 Å². The number of likely N-dealkylation sites (N-methyl/N-ethyl adjacent to an activating group) is 1. The molecular formula is C17H38INO. The Morgan fingerprint density at radius 1 is 0.650 bits per heavy atom. The molecule has 0 aromatic rings. The van der Waals surface area contributed by atoms with Gasteiger partial charge in [-0.15, -0.1) is 0 Å². The van der Waals surface area contributed by atoms with Crippen LogP contribution in [0.4, 0.5) is 0 Å². The van der Waals surface area contributed by atoms with Gasteiger partial charge in [-0.05, 0) is 6.42 Å². The predicted octanol–water partition coefficient (Wildman–Crippen LogP) is 1.63. The van der Waals surface area contributed by atoms with E-state index < -0.39 is 0 Å². The first-order valence-electron chi connectivity index (χ1n) is 8.44. The highest BCUT2D eigenvalue weighted by atomic mass is 127. The van der Waals surface area contributed by atoms with Gasteiger partial charge in [0.25, 0.3) is 0 Å². The van der Waals surface area contributed by atoms with E-state index in [0.29, 0.717) is 0 Å². The third kappa shape index (κ3) is 21.0. The number of unbranched alkanes of at least 4 members (excludes halogenated alkanes) is 9. The molecule has 0 aliphatic heterocycles. The van der Waals surface area contributed by atoms with Gasteiger partial charge in [0.2, 0.25) is 0 Å². The Hall–Kier alpha value is 0.650. The van der Waals surface area contributed by atoms with E-state index in [-0.39, 0.29) is 24.0 Å². The van der Waals surface area contributed by atoms with Crippen LogP contribution in [0.15, 0.2) is 0 Å². The molecule has 0 atom stereocenters. The summed E-state index contributed by atoms with van der Waals surface area (Å²) < 4.78 is 6.66. The zero-order valence-corrected chi connectivity index (χ0v) is 16.6. The summed E-state index contributed by atoms with van der Waals surface area (Å²) in [6, 6.07) is 0. The molecule has 0 N–H and O–H groups in total. The van der Waals surface area contributed by atoms with E-state index in [4.69, 9.17) is 4.74 Å². The summed E-state index contributed by atoms with van der Waals surface area (Å²) in [6.07, 6.45) is 14.0. The molecule has 0 heterocycles.